The molecule has 2 aromatic rings. The SMILES string of the molecule is COc1ccccc1C(=O)NCC1(c2ccccc2)CCC(N2CC=NC2=NC#N)CC1. The lowest BCUT2D eigenvalue weighted by Crippen LogP contribution is -2.48. The molecule has 2 aliphatic rings. The van der Waals surface area contributed by atoms with Crippen molar-refractivity contribution in [3.05, 3.63) is 65.7 Å². The van der Waals surface area contributed by atoms with Crippen molar-refractivity contribution in [3.8, 4) is 11.9 Å². The van der Waals surface area contributed by atoms with Crippen molar-refractivity contribution in [1.29, 1.82) is 5.26 Å². The molecule has 1 aliphatic heterocycles. The minimum Gasteiger partial charge on any atom is -0.496 e. The van der Waals surface area contributed by atoms with Gasteiger partial charge in [0.15, 0.2) is 0 Å². The molecular formula is C25H27N5O2. The van der Waals surface area contributed by atoms with E-state index in [1.165, 1.54) is 5.56 Å². The lowest BCUT2D eigenvalue weighted by Gasteiger charge is -2.43. The van der Waals surface area contributed by atoms with Crippen LogP contribution < -0.4 is 10.1 Å². The minimum atomic E-state index is -0.150. The Labute approximate surface area is 188 Å². The van der Waals surface area contributed by atoms with Crippen molar-refractivity contribution in [2.75, 3.05) is 20.2 Å². The molecule has 0 radical (unpaired) electrons. The number of benzene rings is 2. The minimum absolute atomic E-state index is 0.128. The van der Waals surface area contributed by atoms with Gasteiger partial charge in [-0.3, -0.25) is 4.79 Å². The number of methoxy groups -OCH3 is 1. The second-order valence-corrected chi connectivity index (χ2v) is 8.24. The average Bonchev–Trinajstić information content (AvgIpc) is 3.32. The molecule has 164 valence electrons. The first kappa shape index (κ1) is 21.6. The van der Waals surface area contributed by atoms with Gasteiger partial charge in [-0.2, -0.15) is 5.26 Å². The van der Waals surface area contributed by atoms with Gasteiger partial charge in [-0.15, -0.1) is 4.99 Å². The number of carbonyl (C=O) groups excluding carboxylic acids is 1. The van der Waals surface area contributed by atoms with Crippen LogP contribution in [-0.4, -0.2) is 49.2 Å². The number of aliphatic imine (C=N–C) groups is 2. The third-order valence-electron chi connectivity index (χ3n) is 6.57. The van der Waals surface area contributed by atoms with E-state index in [1.807, 2.05) is 30.6 Å². The zero-order valence-electron chi connectivity index (χ0n) is 18.2. The Morgan fingerprint density at radius 3 is 2.66 bits per heavy atom. The van der Waals surface area contributed by atoms with E-state index in [1.54, 1.807) is 19.2 Å². The summed E-state index contributed by atoms with van der Waals surface area (Å²) >= 11 is 0. The number of nitrogens with zero attached hydrogens (tertiary/aromatic N) is 4. The van der Waals surface area contributed by atoms with Gasteiger partial charge in [0.1, 0.15) is 5.75 Å². The van der Waals surface area contributed by atoms with Crippen LogP contribution in [0.25, 0.3) is 0 Å². The molecule has 1 fully saturated rings. The predicted molar refractivity (Wildman–Crippen MR) is 124 cm³/mol. The summed E-state index contributed by atoms with van der Waals surface area (Å²) in [5.41, 5.74) is 1.63. The summed E-state index contributed by atoms with van der Waals surface area (Å²) in [6, 6.07) is 18.0. The number of rotatable bonds is 6. The van der Waals surface area contributed by atoms with Crippen molar-refractivity contribution < 1.29 is 9.53 Å². The number of para-hydroxylation sites is 1. The number of amides is 1. The number of carbonyl (C=O) groups is 1. The van der Waals surface area contributed by atoms with E-state index in [0.29, 0.717) is 30.4 Å². The zero-order chi connectivity index (χ0) is 22.4. The van der Waals surface area contributed by atoms with Crippen LogP contribution in [-0.2, 0) is 5.41 Å². The van der Waals surface area contributed by atoms with Crippen molar-refractivity contribution in [3.63, 3.8) is 0 Å². The van der Waals surface area contributed by atoms with Crippen molar-refractivity contribution >= 4 is 18.1 Å². The average molecular weight is 430 g/mol. The third-order valence-corrected chi connectivity index (χ3v) is 6.57. The summed E-state index contributed by atoms with van der Waals surface area (Å²) in [5.74, 6) is 0.950. The quantitative estimate of drug-likeness (QED) is 0.712. The molecule has 0 atom stereocenters. The van der Waals surface area contributed by atoms with Crippen LogP contribution in [0.1, 0.15) is 41.6 Å². The summed E-state index contributed by atoms with van der Waals surface area (Å²) in [7, 11) is 1.57. The summed E-state index contributed by atoms with van der Waals surface area (Å²) in [4.78, 5) is 23.2. The molecule has 0 spiro atoms. The summed E-state index contributed by atoms with van der Waals surface area (Å²) in [5, 5.41) is 12.1. The molecule has 1 heterocycles. The Morgan fingerprint density at radius 2 is 1.94 bits per heavy atom. The van der Waals surface area contributed by atoms with Gasteiger partial charge in [0, 0.05) is 24.2 Å². The maximum absolute atomic E-state index is 13.0. The smallest absolute Gasteiger partial charge is 0.255 e. The number of hydrogen-bond acceptors (Lipinski definition) is 4. The zero-order valence-corrected chi connectivity index (χ0v) is 18.2. The molecule has 7 nitrogen and oxygen atoms in total. The fraction of sp³-hybridized carbons (Fsp3) is 0.360. The van der Waals surface area contributed by atoms with Crippen molar-refractivity contribution in [1.82, 2.24) is 10.2 Å². The first-order valence-electron chi connectivity index (χ1n) is 10.9. The van der Waals surface area contributed by atoms with Crippen molar-refractivity contribution in [2.24, 2.45) is 9.98 Å². The lowest BCUT2D eigenvalue weighted by molar-refractivity contribution is 0.0927. The molecule has 2 aromatic carbocycles. The predicted octanol–water partition coefficient (Wildman–Crippen LogP) is 3.53. The highest BCUT2D eigenvalue weighted by molar-refractivity contribution is 5.97. The maximum atomic E-state index is 13.0. The van der Waals surface area contributed by atoms with E-state index in [2.05, 4.69) is 44.5 Å². The van der Waals surface area contributed by atoms with E-state index >= 15 is 0 Å². The molecule has 7 heteroatoms. The summed E-state index contributed by atoms with van der Waals surface area (Å²) in [6.45, 7) is 1.24. The Balaban J connectivity index is 1.50. The van der Waals surface area contributed by atoms with Crippen molar-refractivity contribution in [2.45, 2.75) is 37.1 Å². The molecule has 0 unspecified atom stereocenters. The molecular weight excluding hydrogens is 402 g/mol. The number of nitrogens with one attached hydrogen (secondary N) is 1. The highest BCUT2D eigenvalue weighted by Crippen LogP contribution is 2.41. The maximum Gasteiger partial charge on any atom is 0.255 e. The molecule has 1 N–H and O–H groups in total. The number of nitriles is 1. The fourth-order valence-corrected chi connectivity index (χ4v) is 4.82. The van der Waals surface area contributed by atoms with Gasteiger partial charge in [-0.05, 0) is 43.4 Å². The molecule has 0 aromatic heterocycles. The number of ether oxygens (including phenoxy) is 1. The Morgan fingerprint density at radius 1 is 1.22 bits per heavy atom. The Bertz CT molecular complexity index is 1050. The van der Waals surface area contributed by atoms with Gasteiger partial charge >= 0.3 is 0 Å². The van der Waals surface area contributed by atoms with Gasteiger partial charge in [0.25, 0.3) is 5.91 Å². The molecule has 4 rings (SSSR count). The lowest BCUT2D eigenvalue weighted by atomic mass is 9.68. The van der Waals surface area contributed by atoms with Crippen LogP contribution in [0.3, 0.4) is 0 Å². The van der Waals surface area contributed by atoms with E-state index in [4.69, 9.17) is 10.00 Å². The Kier molecular flexibility index (Phi) is 6.50. The highest BCUT2D eigenvalue weighted by atomic mass is 16.5. The summed E-state index contributed by atoms with van der Waals surface area (Å²) in [6.07, 6.45) is 7.38. The second kappa shape index (κ2) is 9.65. The van der Waals surface area contributed by atoms with E-state index in [9.17, 15) is 4.79 Å². The third kappa shape index (κ3) is 4.35. The standard InChI is InChI=1S/C25H27N5O2/c1-32-22-10-6-5-9-21(22)23(31)28-17-25(19-7-3-2-4-8-19)13-11-20(12-14-25)30-16-15-27-24(30)29-18-26/h2-10,15,20H,11-14,16-17H2,1H3,(H,28,31). The van der Waals surface area contributed by atoms with Crippen LogP contribution in [0.4, 0.5) is 0 Å². The normalized spacial score (nSPS) is 23.7. The second-order valence-electron chi connectivity index (χ2n) is 8.24. The molecule has 1 amide bonds. The van der Waals surface area contributed by atoms with Gasteiger partial charge in [0.05, 0.1) is 19.2 Å². The fourth-order valence-electron chi connectivity index (χ4n) is 4.82. The van der Waals surface area contributed by atoms with Crippen LogP contribution in [0.2, 0.25) is 0 Å². The van der Waals surface area contributed by atoms with Crippen LogP contribution in [0.15, 0.2) is 64.6 Å². The van der Waals surface area contributed by atoms with E-state index in [0.717, 1.165) is 25.7 Å². The van der Waals surface area contributed by atoms with E-state index in [-0.39, 0.29) is 17.4 Å². The monoisotopic (exact) mass is 429 g/mol. The largest absolute Gasteiger partial charge is 0.496 e. The molecule has 1 saturated carbocycles. The molecule has 0 bridgehead atoms. The van der Waals surface area contributed by atoms with Crippen LogP contribution in [0.5, 0.6) is 5.75 Å². The number of hydrogen-bond donors (Lipinski definition) is 1. The molecule has 1 aliphatic carbocycles. The summed E-state index contributed by atoms with van der Waals surface area (Å²) < 4.78 is 5.36. The van der Waals surface area contributed by atoms with Gasteiger partial charge in [0.2, 0.25) is 12.2 Å². The first-order valence-corrected chi connectivity index (χ1v) is 10.9. The van der Waals surface area contributed by atoms with Gasteiger partial charge in [-0.25, -0.2) is 4.99 Å². The molecule has 0 saturated heterocycles. The highest BCUT2D eigenvalue weighted by Gasteiger charge is 2.40. The molecule has 32 heavy (non-hydrogen) atoms. The number of guanidine groups is 1. The van der Waals surface area contributed by atoms with E-state index < -0.39 is 0 Å². The first-order chi connectivity index (χ1) is 15.7. The van der Waals surface area contributed by atoms with Gasteiger partial charge in [-0.1, -0.05) is 42.5 Å². The van der Waals surface area contributed by atoms with Crippen LogP contribution >= 0.6 is 0 Å². The topological polar surface area (TPSA) is 90.1 Å². The Hall–Kier alpha value is -3.66. The van der Waals surface area contributed by atoms with Crippen LogP contribution in [0, 0.1) is 11.5 Å². The van der Waals surface area contributed by atoms with Gasteiger partial charge < -0.3 is 15.0 Å².